The maximum atomic E-state index is 13.8. The molecule has 3 rings (SSSR count). The largest absolute Gasteiger partial charge is 0.372 e. The molecule has 0 radical (unpaired) electrons. The molecular formula is C18H19ClFN3O3. The average molecular weight is 380 g/mol. The number of rotatable bonds is 4. The number of ether oxygens (including phenoxy) is 1. The van der Waals surface area contributed by atoms with E-state index in [1.807, 2.05) is 0 Å². The third-order valence-corrected chi connectivity index (χ3v) is 4.58. The van der Waals surface area contributed by atoms with Crippen LogP contribution in [-0.2, 0) is 4.74 Å². The SMILES string of the molecule is O=C(NCC1CNCCOC1c1ccc(Cl)c(F)c1)c1ccc[nH]c1=O. The lowest BCUT2D eigenvalue weighted by molar-refractivity contribution is 0.0304. The van der Waals surface area contributed by atoms with Gasteiger partial charge in [0.2, 0.25) is 0 Å². The van der Waals surface area contributed by atoms with Crippen molar-refractivity contribution in [2.24, 2.45) is 5.92 Å². The van der Waals surface area contributed by atoms with Gasteiger partial charge in [-0.25, -0.2) is 4.39 Å². The summed E-state index contributed by atoms with van der Waals surface area (Å²) in [7, 11) is 0. The number of nitrogens with one attached hydrogen (secondary N) is 3. The van der Waals surface area contributed by atoms with E-state index in [0.29, 0.717) is 25.3 Å². The van der Waals surface area contributed by atoms with Gasteiger partial charge in [0.05, 0.1) is 17.7 Å². The summed E-state index contributed by atoms with van der Waals surface area (Å²) in [6.07, 6.45) is 1.07. The fourth-order valence-corrected chi connectivity index (χ4v) is 3.06. The topological polar surface area (TPSA) is 83.2 Å². The molecule has 6 nitrogen and oxygen atoms in total. The predicted octanol–water partition coefficient (Wildman–Crippen LogP) is 1.87. The first-order valence-corrected chi connectivity index (χ1v) is 8.67. The van der Waals surface area contributed by atoms with E-state index in [1.165, 1.54) is 24.4 Å². The molecule has 0 saturated carbocycles. The number of pyridine rings is 1. The van der Waals surface area contributed by atoms with Crippen LogP contribution in [0, 0.1) is 11.7 Å². The zero-order valence-electron chi connectivity index (χ0n) is 13.9. The van der Waals surface area contributed by atoms with Gasteiger partial charge in [-0.1, -0.05) is 17.7 Å². The maximum absolute atomic E-state index is 13.8. The van der Waals surface area contributed by atoms with Crippen LogP contribution in [0.5, 0.6) is 0 Å². The highest BCUT2D eigenvalue weighted by atomic mass is 35.5. The molecule has 1 saturated heterocycles. The van der Waals surface area contributed by atoms with Gasteiger partial charge in [-0.05, 0) is 29.8 Å². The second-order valence-corrected chi connectivity index (χ2v) is 6.46. The Morgan fingerprint density at radius 2 is 2.23 bits per heavy atom. The van der Waals surface area contributed by atoms with E-state index in [4.69, 9.17) is 16.3 Å². The molecule has 2 heterocycles. The van der Waals surface area contributed by atoms with Crippen LogP contribution >= 0.6 is 11.6 Å². The fraction of sp³-hybridized carbons (Fsp3) is 0.333. The molecule has 1 aliphatic rings. The zero-order valence-corrected chi connectivity index (χ0v) is 14.7. The Labute approximate surface area is 154 Å². The monoisotopic (exact) mass is 379 g/mol. The van der Waals surface area contributed by atoms with E-state index in [0.717, 1.165) is 0 Å². The Bertz CT molecular complexity index is 842. The molecular weight excluding hydrogens is 361 g/mol. The van der Waals surface area contributed by atoms with Crippen molar-refractivity contribution in [1.82, 2.24) is 15.6 Å². The molecule has 3 N–H and O–H groups in total. The fourth-order valence-electron chi connectivity index (χ4n) is 2.94. The molecule has 1 fully saturated rings. The van der Waals surface area contributed by atoms with Crippen molar-refractivity contribution in [3.63, 3.8) is 0 Å². The number of amides is 1. The molecule has 1 aliphatic heterocycles. The number of aromatic nitrogens is 1. The third kappa shape index (κ3) is 4.30. The maximum Gasteiger partial charge on any atom is 0.260 e. The normalized spacial score (nSPS) is 20.4. The zero-order chi connectivity index (χ0) is 18.5. The number of aromatic amines is 1. The van der Waals surface area contributed by atoms with Gasteiger partial charge >= 0.3 is 0 Å². The number of hydrogen-bond donors (Lipinski definition) is 3. The molecule has 1 amide bonds. The van der Waals surface area contributed by atoms with Crippen molar-refractivity contribution in [3.05, 3.63) is 68.8 Å². The van der Waals surface area contributed by atoms with Crippen LogP contribution in [0.25, 0.3) is 0 Å². The molecule has 1 aromatic carbocycles. The first-order chi connectivity index (χ1) is 12.6. The molecule has 0 aliphatic carbocycles. The first kappa shape index (κ1) is 18.6. The Morgan fingerprint density at radius 3 is 3.00 bits per heavy atom. The van der Waals surface area contributed by atoms with Gasteiger partial charge in [0.15, 0.2) is 0 Å². The van der Waals surface area contributed by atoms with Crippen molar-refractivity contribution in [1.29, 1.82) is 0 Å². The minimum Gasteiger partial charge on any atom is -0.372 e. The predicted molar refractivity (Wildman–Crippen MR) is 95.9 cm³/mol. The highest BCUT2D eigenvalue weighted by molar-refractivity contribution is 6.30. The second kappa shape index (κ2) is 8.44. The summed E-state index contributed by atoms with van der Waals surface area (Å²) in [5.41, 5.74) is 0.257. The van der Waals surface area contributed by atoms with E-state index in [2.05, 4.69) is 15.6 Å². The number of carbonyl (C=O) groups is 1. The Morgan fingerprint density at radius 1 is 1.38 bits per heavy atom. The number of halogens is 2. The summed E-state index contributed by atoms with van der Waals surface area (Å²) in [4.78, 5) is 26.4. The second-order valence-electron chi connectivity index (χ2n) is 6.05. The number of benzene rings is 1. The molecule has 8 heteroatoms. The van der Waals surface area contributed by atoms with Crippen LogP contribution < -0.4 is 16.2 Å². The molecule has 1 aromatic heterocycles. The smallest absolute Gasteiger partial charge is 0.260 e. The summed E-state index contributed by atoms with van der Waals surface area (Å²) in [6, 6.07) is 7.62. The van der Waals surface area contributed by atoms with Crippen molar-refractivity contribution in [3.8, 4) is 0 Å². The van der Waals surface area contributed by atoms with E-state index in [9.17, 15) is 14.0 Å². The molecule has 0 spiro atoms. The van der Waals surface area contributed by atoms with Gasteiger partial charge in [0, 0.05) is 31.7 Å². The van der Waals surface area contributed by atoms with Gasteiger partial charge in [0.1, 0.15) is 11.4 Å². The van der Waals surface area contributed by atoms with Crippen LogP contribution in [0.15, 0.2) is 41.3 Å². The van der Waals surface area contributed by atoms with Crippen LogP contribution in [0.3, 0.4) is 0 Å². The standard InChI is InChI=1S/C18H19ClFN3O3/c19-14-4-3-11(8-15(14)20)16-12(9-21-6-7-26-16)10-23-18(25)13-2-1-5-22-17(13)24/h1-5,8,12,16,21H,6-7,9-10H2,(H,22,24)(H,23,25). The van der Waals surface area contributed by atoms with Gasteiger partial charge in [0.25, 0.3) is 11.5 Å². The summed E-state index contributed by atoms with van der Waals surface area (Å²) in [6.45, 7) is 1.99. The average Bonchev–Trinajstić information content (AvgIpc) is 2.88. The quantitative estimate of drug-likeness (QED) is 0.757. The van der Waals surface area contributed by atoms with Crippen LogP contribution in [0.1, 0.15) is 22.0 Å². The molecule has 2 aromatic rings. The third-order valence-electron chi connectivity index (χ3n) is 4.27. The van der Waals surface area contributed by atoms with Crippen molar-refractivity contribution in [2.45, 2.75) is 6.10 Å². The van der Waals surface area contributed by atoms with E-state index < -0.39 is 23.4 Å². The lowest BCUT2D eigenvalue weighted by atomic mass is 9.95. The summed E-state index contributed by atoms with van der Waals surface area (Å²) >= 11 is 5.76. The van der Waals surface area contributed by atoms with Crippen molar-refractivity contribution < 1.29 is 13.9 Å². The Kier molecular flexibility index (Phi) is 6.03. The summed E-state index contributed by atoms with van der Waals surface area (Å²) < 4.78 is 19.7. The Balaban J connectivity index is 1.74. The Hall–Kier alpha value is -2.22. The van der Waals surface area contributed by atoms with Crippen LogP contribution in [0.4, 0.5) is 4.39 Å². The van der Waals surface area contributed by atoms with Gasteiger partial charge in [-0.3, -0.25) is 9.59 Å². The first-order valence-electron chi connectivity index (χ1n) is 8.29. The van der Waals surface area contributed by atoms with Gasteiger partial charge in [-0.2, -0.15) is 0 Å². The molecule has 26 heavy (non-hydrogen) atoms. The number of carbonyl (C=O) groups excluding carboxylic acids is 1. The van der Waals surface area contributed by atoms with Gasteiger partial charge < -0.3 is 20.4 Å². The number of hydrogen-bond acceptors (Lipinski definition) is 4. The van der Waals surface area contributed by atoms with E-state index in [1.54, 1.807) is 12.1 Å². The van der Waals surface area contributed by atoms with Crippen LogP contribution in [-0.4, -0.2) is 37.1 Å². The van der Waals surface area contributed by atoms with Gasteiger partial charge in [-0.15, -0.1) is 0 Å². The number of H-pyrrole nitrogens is 1. The molecule has 2 atom stereocenters. The lowest BCUT2D eigenvalue weighted by Gasteiger charge is -2.25. The molecule has 138 valence electrons. The lowest BCUT2D eigenvalue weighted by Crippen LogP contribution is -2.38. The highest BCUT2D eigenvalue weighted by Gasteiger charge is 2.27. The minimum absolute atomic E-state index is 0.0455. The summed E-state index contributed by atoms with van der Waals surface area (Å²) in [5, 5.41) is 6.05. The van der Waals surface area contributed by atoms with Crippen molar-refractivity contribution in [2.75, 3.05) is 26.2 Å². The van der Waals surface area contributed by atoms with Crippen molar-refractivity contribution >= 4 is 17.5 Å². The summed E-state index contributed by atoms with van der Waals surface area (Å²) in [5.74, 6) is -1.11. The van der Waals surface area contributed by atoms with Crippen LogP contribution in [0.2, 0.25) is 5.02 Å². The van der Waals surface area contributed by atoms with E-state index in [-0.39, 0.29) is 23.0 Å². The molecule has 2 unspecified atom stereocenters. The minimum atomic E-state index is -0.511. The molecule has 0 bridgehead atoms. The highest BCUT2D eigenvalue weighted by Crippen LogP contribution is 2.29. The van der Waals surface area contributed by atoms with E-state index >= 15 is 0 Å².